The van der Waals surface area contributed by atoms with Crippen molar-refractivity contribution >= 4 is 70.8 Å². The molecule has 4 N–H and O–H groups in total. The van der Waals surface area contributed by atoms with Gasteiger partial charge in [0.25, 0.3) is 35.4 Å². The van der Waals surface area contributed by atoms with Gasteiger partial charge in [0.2, 0.25) is 0 Å². The first kappa shape index (κ1) is 104. The number of allylic oxidation sites excluding steroid dienone is 2. The lowest BCUT2D eigenvalue weighted by Crippen LogP contribution is -2.41. The van der Waals surface area contributed by atoms with Gasteiger partial charge in [0, 0.05) is 98.8 Å². The van der Waals surface area contributed by atoms with Crippen LogP contribution in [0.5, 0.6) is 0 Å². The topological polar surface area (TPSA) is 270 Å². The Bertz CT molecular complexity index is 3040. The number of nitriles is 2. The summed E-state index contributed by atoms with van der Waals surface area (Å²) >= 11 is 0. The SMILES string of the molecule is CCCCC(CC)CN(CC(CC)CCCC)C(=O)c1cc(NN=C(C(=O)NCCNC(=O)C(=NNc2cc(C(=O)N(CC(CC)CCCC)CC(CC)CCCC)cc(C(=O)N(CC(CC)CCCC)CC(CC)CCCC)c2)/C(C)=C(/C#N)C=O)/C(C)=C(/C#N)C=O)cc(C(=O)N(CC(CC)CCCC)CC(CC)CCCC)c1. The molecule has 0 radical (unpaired) electrons. The minimum atomic E-state index is -0.851. The Morgan fingerprint density at radius 2 is 0.526 bits per heavy atom. The van der Waals surface area contributed by atoms with Crippen LogP contribution in [0.15, 0.2) is 68.9 Å². The summed E-state index contributed by atoms with van der Waals surface area (Å²) in [6.45, 7) is 41.4. The first-order valence-corrected chi connectivity index (χ1v) is 45.8. The Morgan fingerprint density at radius 1 is 0.336 bits per heavy atom. The van der Waals surface area contributed by atoms with E-state index in [-0.39, 0.29) is 151 Å². The van der Waals surface area contributed by atoms with Gasteiger partial charge in [-0.1, -0.05) is 265 Å². The Morgan fingerprint density at radius 3 is 0.681 bits per heavy atom. The highest BCUT2D eigenvalue weighted by atomic mass is 16.2. The number of amides is 6. The van der Waals surface area contributed by atoms with Crippen LogP contribution >= 0.6 is 0 Å². The third kappa shape index (κ3) is 37.3. The Balaban J connectivity index is 3.06. The number of carbonyl (C=O) groups excluding carboxylic acids is 8. The predicted molar refractivity (Wildman–Crippen MR) is 480 cm³/mol. The molecule has 0 aliphatic heterocycles. The molecule has 0 saturated carbocycles. The van der Waals surface area contributed by atoms with Gasteiger partial charge < -0.3 is 30.2 Å². The Kier molecular flexibility index (Phi) is 55.0. The molecule has 2 aromatic rings. The lowest BCUT2D eigenvalue weighted by molar-refractivity contribution is -0.116. The number of unbranched alkanes of at least 4 members (excludes halogenated alkanes) is 8. The molecular formula is C96H158N12O8. The number of anilines is 2. The zero-order chi connectivity index (χ0) is 86.3. The summed E-state index contributed by atoms with van der Waals surface area (Å²) in [7, 11) is 0. The number of rotatable bonds is 65. The van der Waals surface area contributed by atoms with Crippen molar-refractivity contribution in [2.24, 2.45) is 57.5 Å². The van der Waals surface area contributed by atoms with Gasteiger partial charge >= 0.3 is 0 Å². The van der Waals surface area contributed by atoms with Crippen molar-refractivity contribution in [3.05, 3.63) is 80.9 Å². The quantitative estimate of drug-likeness (QED) is 0.0120. The van der Waals surface area contributed by atoms with Crippen molar-refractivity contribution in [3.8, 4) is 12.1 Å². The van der Waals surface area contributed by atoms with Crippen LogP contribution in [-0.4, -0.2) is 144 Å². The molecule has 20 nitrogen and oxygen atoms in total. The molecule has 0 bridgehead atoms. The van der Waals surface area contributed by atoms with E-state index in [4.69, 9.17) is 0 Å². The van der Waals surface area contributed by atoms with Crippen molar-refractivity contribution in [3.63, 3.8) is 0 Å². The van der Waals surface area contributed by atoms with E-state index in [2.05, 4.69) is 142 Å². The number of nitrogens with zero attached hydrogens (tertiary/aromatic N) is 8. The number of benzene rings is 2. The fourth-order valence-corrected chi connectivity index (χ4v) is 15.4. The number of hydrogen-bond donors (Lipinski definition) is 4. The minimum absolute atomic E-state index is 0.0816. The van der Waals surface area contributed by atoms with E-state index in [1.165, 1.54) is 13.8 Å². The van der Waals surface area contributed by atoms with Gasteiger partial charge in [-0.3, -0.25) is 49.2 Å². The average molecular weight is 1610 g/mol. The van der Waals surface area contributed by atoms with Gasteiger partial charge in [0.05, 0.1) is 22.5 Å². The smallest absolute Gasteiger partial charge is 0.272 e. The van der Waals surface area contributed by atoms with Gasteiger partial charge in [-0.25, -0.2) is 0 Å². The monoisotopic (exact) mass is 1610 g/mol. The van der Waals surface area contributed by atoms with Crippen LogP contribution in [-0.2, 0) is 19.2 Å². The van der Waals surface area contributed by atoms with Crippen LogP contribution in [0.4, 0.5) is 11.4 Å². The number of nitrogens with one attached hydrogen (secondary N) is 4. The maximum absolute atomic E-state index is 15.6. The molecule has 0 spiro atoms. The largest absolute Gasteiger partial charge is 0.349 e. The summed E-state index contributed by atoms with van der Waals surface area (Å²) in [5.41, 5.74) is 5.90. The summed E-state index contributed by atoms with van der Waals surface area (Å²) in [6.07, 6.45) is 32.0. The molecule has 0 saturated heterocycles. The molecule has 8 unspecified atom stereocenters. The lowest BCUT2D eigenvalue weighted by Gasteiger charge is -2.32. The predicted octanol–water partition coefficient (Wildman–Crippen LogP) is 21.7. The molecule has 0 fully saturated rings. The van der Waals surface area contributed by atoms with E-state index in [0.717, 1.165) is 205 Å². The van der Waals surface area contributed by atoms with Crippen LogP contribution in [0.25, 0.3) is 0 Å². The summed E-state index contributed by atoms with van der Waals surface area (Å²) in [6, 6.07) is 13.8. The van der Waals surface area contributed by atoms with Crippen LogP contribution in [0, 0.1) is 70.0 Å². The van der Waals surface area contributed by atoms with Crippen molar-refractivity contribution < 1.29 is 38.4 Å². The Hall–Kier alpha value is -8.00. The van der Waals surface area contributed by atoms with Crippen LogP contribution in [0.1, 0.15) is 372 Å². The normalized spacial score (nSPS) is 14.2. The van der Waals surface area contributed by atoms with E-state index < -0.39 is 11.8 Å². The fraction of sp³-hybridized carbons (Fsp3) is 0.708. The van der Waals surface area contributed by atoms with E-state index in [9.17, 15) is 29.7 Å². The van der Waals surface area contributed by atoms with Gasteiger partial charge in [0.15, 0.2) is 24.0 Å². The molecule has 0 heterocycles. The van der Waals surface area contributed by atoms with Gasteiger partial charge in [0.1, 0.15) is 12.1 Å². The third-order valence-corrected chi connectivity index (χ3v) is 23.9. The van der Waals surface area contributed by atoms with E-state index in [1.54, 1.807) is 36.4 Å². The lowest BCUT2D eigenvalue weighted by atomic mass is 9.94. The van der Waals surface area contributed by atoms with Crippen molar-refractivity contribution in [1.29, 1.82) is 10.5 Å². The molecule has 650 valence electrons. The highest BCUT2D eigenvalue weighted by molar-refractivity contribution is 6.46. The first-order valence-electron chi connectivity index (χ1n) is 45.8. The summed E-state index contributed by atoms with van der Waals surface area (Å²) < 4.78 is 0. The summed E-state index contributed by atoms with van der Waals surface area (Å²) in [5, 5.41) is 35.3. The van der Waals surface area contributed by atoms with Crippen molar-refractivity contribution in [1.82, 2.24) is 30.2 Å². The zero-order valence-corrected chi connectivity index (χ0v) is 75.8. The van der Waals surface area contributed by atoms with Crippen molar-refractivity contribution in [2.45, 2.75) is 330 Å². The molecule has 0 aliphatic rings. The van der Waals surface area contributed by atoms with E-state index >= 15 is 19.2 Å². The summed E-state index contributed by atoms with van der Waals surface area (Å²) in [5.74, 6) is -0.586. The molecular weight excluding hydrogens is 1450 g/mol. The molecule has 2 aromatic carbocycles. The summed E-state index contributed by atoms with van der Waals surface area (Å²) in [4.78, 5) is 125. The van der Waals surface area contributed by atoms with E-state index in [1.807, 2.05) is 31.7 Å². The highest BCUT2D eigenvalue weighted by Crippen LogP contribution is 2.30. The van der Waals surface area contributed by atoms with Crippen molar-refractivity contribution in [2.75, 3.05) is 76.3 Å². The molecule has 8 atom stereocenters. The highest BCUT2D eigenvalue weighted by Gasteiger charge is 2.32. The van der Waals surface area contributed by atoms with Crippen LogP contribution in [0.3, 0.4) is 0 Å². The Labute approximate surface area is 703 Å². The minimum Gasteiger partial charge on any atom is -0.349 e. The molecule has 2 rings (SSSR count). The molecule has 116 heavy (non-hydrogen) atoms. The maximum Gasteiger partial charge on any atom is 0.272 e. The second kappa shape index (κ2) is 61.3. The molecule has 6 amide bonds. The number of carbonyl (C=O) groups is 8. The van der Waals surface area contributed by atoms with Gasteiger partial charge in [-0.05, 0) is 149 Å². The number of hydrogen-bond acceptors (Lipinski definition) is 14. The molecule has 0 aliphatic carbocycles. The second-order valence-electron chi connectivity index (χ2n) is 33.0. The number of hydrazone groups is 2. The molecule has 20 heteroatoms. The van der Waals surface area contributed by atoms with Crippen LogP contribution in [0.2, 0.25) is 0 Å². The zero-order valence-electron chi connectivity index (χ0n) is 75.8. The number of aldehydes is 2. The standard InChI is InChI=1S/C96H158N12O8/c1-19-35-43-73(27-9)61-105(62-74(28-10)44-36-20-2)93(113)81-53-82(94(114)106(63-75(29-11)45-37-21-3)64-76(30-12)46-38-22-4)56-87(55-81)101-103-89(71(17)85(59-97)69-109)91(111)99-51-52-100-92(112)90(72(18)86(60-98)70-110)104-102-88-57-83(95(115)107(65-77(31-13)47-39-23-5)66-78(32-14)48-40-24-6)54-84(58-88)96(116)108(67-79(33-15)49-41-25-7)68-80(34-16)50-42-26-8/h53-58,69-70,73-80,101-102H,19-52,61-68H2,1-18H3,(H,99,111)(H,100,112)/b85-71-,86-72-,103-89?,104-90?. The van der Waals surface area contributed by atoms with Crippen LogP contribution < -0.4 is 21.5 Å². The molecule has 0 aromatic heterocycles. The second-order valence-corrected chi connectivity index (χ2v) is 33.0. The maximum atomic E-state index is 15.6. The third-order valence-electron chi connectivity index (χ3n) is 23.9. The fourth-order valence-electron chi connectivity index (χ4n) is 15.4. The first-order chi connectivity index (χ1) is 56.0. The van der Waals surface area contributed by atoms with Gasteiger partial charge in [-0.15, -0.1) is 0 Å². The van der Waals surface area contributed by atoms with E-state index in [0.29, 0.717) is 64.9 Å². The average Bonchev–Trinajstić information content (AvgIpc) is 0.815. The van der Waals surface area contributed by atoms with Gasteiger partial charge in [-0.2, -0.15) is 20.7 Å².